The molecular formula is C13H11N3O2S. The Morgan fingerprint density at radius 1 is 1.47 bits per heavy atom. The maximum absolute atomic E-state index is 10.8. The van der Waals surface area contributed by atoms with Gasteiger partial charge in [0.15, 0.2) is 5.82 Å². The summed E-state index contributed by atoms with van der Waals surface area (Å²) in [5.74, 6) is -0.241. The van der Waals surface area contributed by atoms with Gasteiger partial charge in [-0.25, -0.2) is 4.52 Å². The van der Waals surface area contributed by atoms with E-state index in [9.17, 15) is 4.79 Å². The highest BCUT2D eigenvalue weighted by Gasteiger charge is 2.13. The maximum atomic E-state index is 10.8. The van der Waals surface area contributed by atoms with Gasteiger partial charge in [0.1, 0.15) is 0 Å². The van der Waals surface area contributed by atoms with Gasteiger partial charge in [-0.05, 0) is 13.0 Å². The fraction of sp³-hybridized carbons (Fsp3) is 0.154. The van der Waals surface area contributed by atoms with E-state index < -0.39 is 5.97 Å². The van der Waals surface area contributed by atoms with E-state index in [1.807, 2.05) is 31.2 Å². The Hall–Kier alpha value is -2.21. The number of thiazole rings is 1. The molecule has 0 radical (unpaired) electrons. The number of benzene rings is 1. The number of aliphatic carboxylic acids is 1. The predicted molar refractivity (Wildman–Crippen MR) is 72.4 cm³/mol. The molecule has 0 amide bonds. The van der Waals surface area contributed by atoms with Crippen LogP contribution in [-0.2, 0) is 11.2 Å². The molecule has 0 aliphatic heterocycles. The smallest absolute Gasteiger partial charge is 0.309 e. The van der Waals surface area contributed by atoms with Crippen molar-refractivity contribution in [1.82, 2.24) is 14.6 Å². The highest BCUT2D eigenvalue weighted by molar-refractivity contribution is 7.15. The first-order chi connectivity index (χ1) is 9.13. The number of aromatic nitrogens is 3. The largest absolute Gasteiger partial charge is 0.481 e. The molecule has 0 aliphatic carbocycles. The highest BCUT2D eigenvalue weighted by Crippen LogP contribution is 2.21. The van der Waals surface area contributed by atoms with Crippen LogP contribution in [0.5, 0.6) is 0 Å². The van der Waals surface area contributed by atoms with Crippen molar-refractivity contribution < 1.29 is 9.90 Å². The lowest BCUT2D eigenvalue weighted by Gasteiger charge is -1.96. The average Bonchev–Trinajstić information content (AvgIpc) is 2.91. The molecule has 0 saturated carbocycles. The molecule has 3 rings (SSSR count). The molecule has 0 saturated heterocycles. The van der Waals surface area contributed by atoms with Crippen LogP contribution in [0.25, 0.3) is 16.3 Å². The lowest BCUT2D eigenvalue weighted by Crippen LogP contribution is -2.03. The van der Waals surface area contributed by atoms with Crippen LogP contribution in [0.15, 0.2) is 29.6 Å². The van der Waals surface area contributed by atoms with E-state index in [0.717, 1.165) is 11.1 Å². The van der Waals surface area contributed by atoms with Gasteiger partial charge in [0, 0.05) is 10.9 Å². The van der Waals surface area contributed by atoms with Crippen LogP contribution < -0.4 is 0 Å². The number of nitrogens with zero attached hydrogens (tertiary/aromatic N) is 3. The number of carboxylic acid groups (broad SMARTS) is 1. The van der Waals surface area contributed by atoms with Crippen LogP contribution in [-0.4, -0.2) is 25.7 Å². The van der Waals surface area contributed by atoms with Crippen LogP contribution >= 0.6 is 11.3 Å². The molecular weight excluding hydrogens is 262 g/mol. The summed E-state index contributed by atoms with van der Waals surface area (Å²) in [5, 5.41) is 15.0. The van der Waals surface area contributed by atoms with Gasteiger partial charge >= 0.3 is 5.97 Å². The van der Waals surface area contributed by atoms with E-state index in [0.29, 0.717) is 16.5 Å². The van der Waals surface area contributed by atoms with Gasteiger partial charge in [-0.1, -0.05) is 23.8 Å². The third kappa shape index (κ3) is 2.22. The van der Waals surface area contributed by atoms with Gasteiger partial charge in [0.05, 0.1) is 12.1 Å². The fourth-order valence-corrected chi connectivity index (χ4v) is 2.73. The first-order valence-electron chi connectivity index (χ1n) is 5.75. The van der Waals surface area contributed by atoms with E-state index in [4.69, 9.17) is 5.11 Å². The monoisotopic (exact) mass is 273 g/mol. The van der Waals surface area contributed by atoms with Gasteiger partial charge in [-0.3, -0.25) is 4.79 Å². The Bertz CT molecular complexity index is 760. The van der Waals surface area contributed by atoms with Crippen LogP contribution in [0.3, 0.4) is 0 Å². The van der Waals surface area contributed by atoms with Crippen molar-refractivity contribution in [3.8, 4) is 11.4 Å². The fourth-order valence-electron chi connectivity index (χ4n) is 1.91. The molecule has 0 bridgehead atoms. The van der Waals surface area contributed by atoms with Gasteiger partial charge < -0.3 is 5.11 Å². The van der Waals surface area contributed by atoms with Gasteiger partial charge in [0.2, 0.25) is 4.96 Å². The van der Waals surface area contributed by atoms with Gasteiger partial charge in [-0.15, -0.1) is 16.4 Å². The summed E-state index contributed by atoms with van der Waals surface area (Å²) in [6.07, 6.45) is -0.0450. The molecule has 0 atom stereocenters. The van der Waals surface area contributed by atoms with Crippen molar-refractivity contribution >= 4 is 22.3 Å². The first kappa shape index (κ1) is 11.9. The first-order valence-corrected chi connectivity index (χ1v) is 6.63. The van der Waals surface area contributed by atoms with Crippen molar-refractivity contribution in [2.24, 2.45) is 0 Å². The molecule has 5 nitrogen and oxygen atoms in total. The third-order valence-corrected chi connectivity index (χ3v) is 3.62. The zero-order valence-electron chi connectivity index (χ0n) is 10.2. The number of fused-ring (bicyclic) bond motifs is 1. The molecule has 0 spiro atoms. The van der Waals surface area contributed by atoms with Gasteiger partial charge in [0.25, 0.3) is 0 Å². The van der Waals surface area contributed by atoms with E-state index >= 15 is 0 Å². The third-order valence-electron chi connectivity index (χ3n) is 2.76. The molecule has 1 N–H and O–H groups in total. The molecule has 2 aromatic heterocycles. The number of rotatable bonds is 3. The van der Waals surface area contributed by atoms with Crippen molar-refractivity contribution in [2.75, 3.05) is 0 Å². The standard InChI is InChI=1S/C13H11N3O2S/c1-8-3-2-4-9(5-8)12-14-13-16(15-12)10(7-19-13)6-11(17)18/h2-5,7H,6H2,1H3,(H,17,18). The molecule has 19 heavy (non-hydrogen) atoms. The lowest BCUT2D eigenvalue weighted by molar-refractivity contribution is -0.136. The summed E-state index contributed by atoms with van der Waals surface area (Å²) in [4.78, 5) is 15.9. The minimum atomic E-state index is -0.868. The molecule has 0 fully saturated rings. The quantitative estimate of drug-likeness (QED) is 0.795. The summed E-state index contributed by atoms with van der Waals surface area (Å²) < 4.78 is 1.61. The molecule has 1 aromatic carbocycles. The van der Waals surface area contributed by atoms with Gasteiger partial charge in [-0.2, -0.15) is 4.98 Å². The zero-order valence-corrected chi connectivity index (χ0v) is 11.0. The Morgan fingerprint density at radius 2 is 2.32 bits per heavy atom. The Morgan fingerprint density at radius 3 is 3.05 bits per heavy atom. The van der Waals surface area contributed by atoms with Crippen LogP contribution in [0.2, 0.25) is 0 Å². The van der Waals surface area contributed by atoms with E-state index in [1.165, 1.54) is 11.3 Å². The average molecular weight is 273 g/mol. The predicted octanol–water partition coefficient (Wildman–Crippen LogP) is 2.39. The van der Waals surface area contributed by atoms with Crippen molar-refractivity contribution in [1.29, 1.82) is 0 Å². The summed E-state index contributed by atoms with van der Waals surface area (Å²) >= 11 is 1.40. The maximum Gasteiger partial charge on any atom is 0.309 e. The van der Waals surface area contributed by atoms with Crippen LogP contribution in [0, 0.1) is 6.92 Å². The van der Waals surface area contributed by atoms with Crippen molar-refractivity contribution in [3.05, 3.63) is 40.9 Å². The zero-order chi connectivity index (χ0) is 13.4. The molecule has 96 valence electrons. The summed E-state index contributed by atoms with van der Waals surface area (Å²) in [5.41, 5.74) is 2.73. The summed E-state index contributed by atoms with van der Waals surface area (Å²) in [6.45, 7) is 2.01. The van der Waals surface area contributed by atoms with E-state index in [-0.39, 0.29) is 6.42 Å². The minimum absolute atomic E-state index is 0.0450. The van der Waals surface area contributed by atoms with E-state index in [2.05, 4.69) is 10.1 Å². The molecule has 6 heteroatoms. The van der Waals surface area contributed by atoms with Crippen molar-refractivity contribution in [3.63, 3.8) is 0 Å². The molecule has 2 heterocycles. The van der Waals surface area contributed by atoms with E-state index in [1.54, 1.807) is 9.90 Å². The number of carboxylic acids is 1. The second-order valence-electron chi connectivity index (χ2n) is 4.30. The van der Waals surface area contributed by atoms with Crippen LogP contribution in [0.4, 0.5) is 0 Å². The second-order valence-corrected chi connectivity index (χ2v) is 5.13. The minimum Gasteiger partial charge on any atom is -0.481 e. The lowest BCUT2D eigenvalue weighted by atomic mass is 10.1. The topological polar surface area (TPSA) is 67.5 Å². The number of aryl methyl sites for hydroxylation is 1. The summed E-state index contributed by atoms with van der Waals surface area (Å²) in [6, 6.07) is 7.93. The molecule has 0 unspecified atom stereocenters. The molecule has 3 aromatic rings. The Labute approximate surface area is 113 Å². The second kappa shape index (κ2) is 4.47. The normalized spacial score (nSPS) is 11.0. The number of hydrogen-bond acceptors (Lipinski definition) is 4. The Balaban J connectivity index is 2.07. The van der Waals surface area contributed by atoms with Crippen LogP contribution in [0.1, 0.15) is 11.3 Å². The Kier molecular flexibility index (Phi) is 2.79. The molecule has 0 aliphatic rings. The number of carbonyl (C=O) groups is 1. The highest BCUT2D eigenvalue weighted by atomic mass is 32.1. The van der Waals surface area contributed by atoms with Crippen molar-refractivity contribution in [2.45, 2.75) is 13.3 Å². The SMILES string of the molecule is Cc1cccc(-c2nc3scc(CC(=O)O)n3n2)c1. The number of hydrogen-bond donors (Lipinski definition) is 1. The summed E-state index contributed by atoms with van der Waals surface area (Å²) in [7, 11) is 0.